The zero-order valence-corrected chi connectivity index (χ0v) is 8.12. The van der Waals surface area contributed by atoms with Crippen LogP contribution in [0.3, 0.4) is 0 Å². The lowest BCUT2D eigenvalue weighted by molar-refractivity contribution is -0.126. The molecule has 0 radical (unpaired) electrons. The fourth-order valence-corrected chi connectivity index (χ4v) is 1.11. The van der Waals surface area contributed by atoms with Crippen molar-refractivity contribution in [2.45, 2.75) is 13.5 Å². The summed E-state index contributed by atoms with van der Waals surface area (Å²) < 4.78 is 5.14. The molecule has 0 fully saturated rings. The minimum Gasteiger partial charge on any atom is -0.367 e. The van der Waals surface area contributed by atoms with Gasteiger partial charge in [-0.15, -0.1) is 0 Å². The zero-order chi connectivity index (χ0) is 10.4. The van der Waals surface area contributed by atoms with E-state index in [0.717, 1.165) is 5.56 Å². The van der Waals surface area contributed by atoms with E-state index in [0.29, 0.717) is 6.61 Å². The van der Waals surface area contributed by atoms with Crippen LogP contribution in [0, 0.1) is 6.92 Å². The van der Waals surface area contributed by atoms with Crippen molar-refractivity contribution in [3.8, 4) is 0 Å². The second-order valence-electron chi connectivity index (χ2n) is 3.05. The van der Waals surface area contributed by atoms with E-state index in [9.17, 15) is 4.79 Å². The van der Waals surface area contributed by atoms with Gasteiger partial charge in [-0.25, -0.2) is 5.84 Å². The van der Waals surface area contributed by atoms with Crippen LogP contribution in [0.1, 0.15) is 11.1 Å². The Morgan fingerprint density at radius 1 is 1.57 bits per heavy atom. The molecule has 0 aliphatic heterocycles. The second kappa shape index (κ2) is 5.36. The quantitative estimate of drug-likeness (QED) is 0.417. The first-order valence-electron chi connectivity index (χ1n) is 4.35. The second-order valence-corrected chi connectivity index (χ2v) is 3.05. The number of amides is 1. The Hall–Kier alpha value is -1.39. The first kappa shape index (κ1) is 10.7. The smallest absolute Gasteiger partial charge is 0.259 e. The molecule has 0 heterocycles. The van der Waals surface area contributed by atoms with Gasteiger partial charge in [-0.2, -0.15) is 0 Å². The predicted octanol–water partition coefficient (Wildman–Crippen LogP) is 0.502. The number of benzene rings is 1. The van der Waals surface area contributed by atoms with Gasteiger partial charge in [-0.05, 0) is 12.5 Å². The van der Waals surface area contributed by atoms with Crippen LogP contribution in [0.4, 0.5) is 0 Å². The third-order valence-electron chi connectivity index (χ3n) is 1.75. The van der Waals surface area contributed by atoms with Gasteiger partial charge in [0.15, 0.2) is 0 Å². The Balaban J connectivity index is 2.35. The summed E-state index contributed by atoms with van der Waals surface area (Å²) >= 11 is 0. The van der Waals surface area contributed by atoms with Crippen molar-refractivity contribution in [1.29, 1.82) is 0 Å². The van der Waals surface area contributed by atoms with Crippen LogP contribution < -0.4 is 11.3 Å². The summed E-state index contributed by atoms with van der Waals surface area (Å²) in [5.41, 5.74) is 4.22. The van der Waals surface area contributed by atoms with Crippen LogP contribution in [-0.2, 0) is 16.1 Å². The van der Waals surface area contributed by atoms with Crippen molar-refractivity contribution >= 4 is 5.91 Å². The van der Waals surface area contributed by atoms with Crippen LogP contribution in [0.2, 0.25) is 0 Å². The highest BCUT2D eigenvalue weighted by atomic mass is 16.5. The average molecular weight is 194 g/mol. The molecule has 0 unspecified atom stereocenters. The van der Waals surface area contributed by atoms with Gasteiger partial charge in [0, 0.05) is 0 Å². The van der Waals surface area contributed by atoms with Gasteiger partial charge in [0.25, 0.3) is 5.91 Å². The zero-order valence-electron chi connectivity index (χ0n) is 8.12. The highest BCUT2D eigenvalue weighted by Gasteiger charge is 1.98. The molecule has 3 N–H and O–H groups in total. The van der Waals surface area contributed by atoms with Crippen LogP contribution >= 0.6 is 0 Å². The number of carbonyl (C=O) groups is 1. The monoisotopic (exact) mass is 194 g/mol. The molecule has 0 spiro atoms. The first-order chi connectivity index (χ1) is 6.72. The molecule has 4 heteroatoms. The Morgan fingerprint density at radius 3 is 3.00 bits per heavy atom. The van der Waals surface area contributed by atoms with Gasteiger partial charge in [0.2, 0.25) is 0 Å². The van der Waals surface area contributed by atoms with E-state index in [1.165, 1.54) is 5.56 Å². The number of nitrogens with two attached hydrogens (primary N) is 1. The molecular formula is C10H14N2O2. The largest absolute Gasteiger partial charge is 0.367 e. The number of hydrogen-bond acceptors (Lipinski definition) is 3. The minimum atomic E-state index is -0.322. The van der Waals surface area contributed by atoms with Crippen LogP contribution in [0.25, 0.3) is 0 Å². The summed E-state index contributed by atoms with van der Waals surface area (Å²) in [6, 6.07) is 7.93. The molecule has 1 rings (SSSR count). The molecule has 0 aliphatic carbocycles. The van der Waals surface area contributed by atoms with Crippen LogP contribution in [0.5, 0.6) is 0 Å². The highest BCUT2D eigenvalue weighted by molar-refractivity contribution is 5.76. The minimum absolute atomic E-state index is 0.00948. The fraction of sp³-hybridized carbons (Fsp3) is 0.300. The number of rotatable bonds is 4. The predicted molar refractivity (Wildman–Crippen MR) is 53.2 cm³/mol. The van der Waals surface area contributed by atoms with E-state index in [4.69, 9.17) is 10.6 Å². The van der Waals surface area contributed by atoms with E-state index in [1.807, 2.05) is 36.6 Å². The standard InChI is InChI=1S/C10H14N2O2/c1-8-3-2-4-9(5-8)6-14-7-10(13)12-11/h2-5H,6-7,11H2,1H3,(H,12,13). The molecule has 14 heavy (non-hydrogen) atoms. The number of nitrogens with one attached hydrogen (secondary N) is 1. The molecule has 76 valence electrons. The Bertz CT molecular complexity index is 313. The summed E-state index contributed by atoms with van der Waals surface area (Å²) in [6.45, 7) is 2.43. The average Bonchev–Trinajstić information content (AvgIpc) is 2.17. The summed E-state index contributed by atoms with van der Waals surface area (Å²) in [6.07, 6.45) is 0. The molecule has 1 aromatic carbocycles. The number of hydrazine groups is 1. The van der Waals surface area contributed by atoms with E-state index in [-0.39, 0.29) is 12.5 Å². The molecule has 1 aromatic rings. The first-order valence-corrected chi connectivity index (χ1v) is 4.35. The lowest BCUT2D eigenvalue weighted by Crippen LogP contribution is -2.33. The van der Waals surface area contributed by atoms with Crippen molar-refractivity contribution in [3.63, 3.8) is 0 Å². The summed E-state index contributed by atoms with van der Waals surface area (Å²) in [7, 11) is 0. The molecule has 0 saturated heterocycles. The van der Waals surface area contributed by atoms with Crippen LogP contribution in [-0.4, -0.2) is 12.5 Å². The van der Waals surface area contributed by atoms with E-state index >= 15 is 0 Å². The molecular weight excluding hydrogens is 180 g/mol. The van der Waals surface area contributed by atoms with Crippen molar-refractivity contribution in [3.05, 3.63) is 35.4 Å². The number of aryl methyl sites for hydroxylation is 1. The van der Waals surface area contributed by atoms with Gasteiger partial charge in [0.1, 0.15) is 6.61 Å². The normalized spacial score (nSPS) is 9.86. The van der Waals surface area contributed by atoms with Crippen molar-refractivity contribution < 1.29 is 9.53 Å². The summed E-state index contributed by atoms with van der Waals surface area (Å²) in [4.78, 5) is 10.7. The molecule has 0 bridgehead atoms. The summed E-state index contributed by atoms with van der Waals surface area (Å²) in [5, 5.41) is 0. The Kier molecular flexibility index (Phi) is 4.10. The topological polar surface area (TPSA) is 64.3 Å². The Labute approximate surface area is 83.0 Å². The van der Waals surface area contributed by atoms with Crippen molar-refractivity contribution in [2.24, 2.45) is 5.84 Å². The molecule has 1 amide bonds. The van der Waals surface area contributed by atoms with Crippen molar-refractivity contribution in [1.82, 2.24) is 5.43 Å². The lowest BCUT2D eigenvalue weighted by atomic mass is 10.1. The van der Waals surface area contributed by atoms with Gasteiger partial charge in [-0.1, -0.05) is 29.8 Å². The van der Waals surface area contributed by atoms with Crippen LogP contribution in [0.15, 0.2) is 24.3 Å². The number of carbonyl (C=O) groups excluding carboxylic acids is 1. The van der Waals surface area contributed by atoms with E-state index < -0.39 is 0 Å². The molecule has 0 aromatic heterocycles. The van der Waals surface area contributed by atoms with Gasteiger partial charge in [-0.3, -0.25) is 10.2 Å². The molecule has 0 atom stereocenters. The molecule has 0 saturated carbocycles. The number of ether oxygens (including phenoxy) is 1. The van der Waals surface area contributed by atoms with E-state index in [1.54, 1.807) is 0 Å². The Morgan fingerprint density at radius 2 is 2.36 bits per heavy atom. The third kappa shape index (κ3) is 3.55. The number of hydrogen-bond donors (Lipinski definition) is 2. The molecule has 4 nitrogen and oxygen atoms in total. The third-order valence-corrected chi connectivity index (χ3v) is 1.75. The van der Waals surface area contributed by atoms with E-state index in [2.05, 4.69) is 0 Å². The maximum absolute atomic E-state index is 10.7. The van der Waals surface area contributed by atoms with Crippen molar-refractivity contribution in [2.75, 3.05) is 6.61 Å². The maximum atomic E-state index is 10.7. The summed E-state index contributed by atoms with van der Waals surface area (Å²) in [5.74, 6) is 4.57. The SMILES string of the molecule is Cc1cccc(COCC(=O)NN)c1. The van der Waals surface area contributed by atoms with Gasteiger partial charge < -0.3 is 4.74 Å². The van der Waals surface area contributed by atoms with Gasteiger partial charge >= 0.3 is 0 Å². The lowest BCUT2D eigenvalue weighted by Gasteiger charge is -2.03. The van der Waals surface area contributed by atoms with Gasteiger partial charge in [0.05, 0.1) is 6.61 Å². The highest BCUT2D eigenvalue weighted by Crippen LogP contribution is 2.04. The molecule has 0 aliphatic rings. The maximum Gasteiger partial charge on any atom is 0.259 e. The fourth-order valence-electron chi connectivity index (χ4n) is 1.11.